The average molecular weight is 258 g/mol. The molecule has 1 unspecified atom stereocenters. The maximum atomic E-state index is 8.75. The summed E-state index contributed by atoms with van der Waals surface area (Å²) in [6.07, 6.45) is 13.7. The van der Waals surface area contributed by atoms with Crippen LogP contribution in [-0.4, -0.2) is 30.8 Å². The van der Waals surface area contributed by atoms with Gasteiger partial charge in [-0.15, -0.1) is 0 Å². The summed E-state index contributed by atoms with van der Waals surface area (Å²) < 4.78 is 0. The van der Waals surface area contributed by atoms with Crippen molar-refractivity contribution in [1.29, 1.82) is 0 Å². The van der Waals surface area contributed by atoms with E-state index < -0.39 is 0 Å². The topological polar surface area (TPSA) is 58.3 Å². The summed E-state index contributed by atoms with van der Waals surface area (Å²) in [4.78, 5) is 0. The van der Waals surface area contributed by atoms with Gasteiger partial charge in [0, 0.05) is 12.6 Å². The van der Waals surface area contributed by atoms with E-state index in [0.29, 0.717) is 0 Å². The second kappa shape index (κ2) is 14.9. The molecule has 3 nitrogen and oxygen atoms in total. The van der Waals surface area contributed by atoms with Crippen molar-refractivity contribution in [3.8, 4) is 0 Å². The number of hydrogen-bond acceptors (Lipinski definition) is 3. The number of nitrogens with two attached hydrogens (primary N) is 1. The summed E-state index contributed by atoms with van der Waals surface area (Å²) >= 11 is 0. The van der Waals surface area contributed by atoms with Crippen LogP contribution < -0.4 is 11.1 Å². The Bertz CT molecular complexity index is 153. The van der Waals surface area contributed by atoms with Gasteiger partial charge in [-0.2, -0.15) is 0 Å². The van der Waals surface area contributed by atoms with Gasteiger partial charge in [0.1, 0.15) is 0 Å². The maximum Gasteiger partial charge on any atom is 0.0594 e. The van der Waals surface area contributed by atoms with Crippen molar-refractivity contribution < 1.29 is 5.11 Å². The molecule has 0 heterocycles. The quantitative estimate of drug-likeness (QED) is 0.420. The Morgan fingerprint density at radius 2 is 1.39 bits per heavy atom. The molecular weight excluding hydrogens is 224 g/mol. The summed E-state index contributed by atoms with van der Waals surface area (Å²) in [5.41, 5.74) is 5.59. The minimum absolute atomic E-state index is 0.0744. The van der Waals surface area contributed by atoms with E-state index in [0.717, 1.165) is 13.1 Å². The van der Waals surface area contributed by atoms with Crippen LogP contribution >= 0.6 is 0 Å². The van der Waals surface area contributed by atoms with Crippen LogP contribution in [0, 0.1) is 0 Å². The molecule has 1 atom stereocenters. The van der Waals surface area contributed by atoms with E-state index in [9.17, 15) is 0 Å². The predicted octanol–water partition coefficient (Wildman–Crippen LogP) is 2.82. The fraction of sp³-hybridized carbons (Fsp3) is 1.00. The Labute approximate surface area is 114 Å². The van der Waals surface area contributed by atoms with Crippen LogP contribution in [0.25, 0.3) is 0 Å². The van der Waals surface area contributed by atoms with Crippen molar-refractivity contribution >= 4 is 0 Å². The van der Waals surface area contributed by atoms with E-state index >= 15 is 0 Å². The monoisotopic (exact) mass is 258 g/mol. The van der Waals surface area contributed by atoms with Gasteiger partial charge in [0.15, 0.2) is 0 Å². The third-order valence-corrected chi connectivity index (χ3v) is 3.35. The van der Waals surface area contributed by atoms with Crippen LogP contribution in [0.3, 0.4) is 0 Å². The van der Waals surface area contributed by atoms with Gasteiger partial charge < -0.3 is 16.2 Å². The highest BCUT2D eigenvalue weighted by Crippen LogP contribution is 2.10. The lowest BCUT2D eigenvalue weighted by molar-refractivity contribution is 0.262. The van der Waals surface area contributed by atoms with Crippen LogP contribution in [0.4, 0.5) is 0 Å². The molecule has 0 aromatic heterocycles. The lowest BCUT2D eigenvalue weighted by Crippen LogP contribution is -2.36. The van der Waals surface area contributed by atoms with E-state index in [2.05, 4.69) is 12.2 Å². The zero-order valence-corrected chi connectivity index (χ0v) is 12.3. The van der Waals surface area contributed by atoms with Crippen molar-refractivity contribution in [3.63, 3.8) is 0 Å². The summed E-state index contributed by atoms with van der Waals surface area (Å²) in [5.74, 6) is 0. The number of unbranched alkanes of at least 4 members (excludes halogenated alkanes) is 9. The molecule has 0 aliphatic carbocycles. The summed E-state index contributed by atoms with van der Waals surface area (Å²) in [6, 6.07) is -0.104. The zero-order valence-electron chi connectivity index (χ0n) is 12.3. The molecule has 0 aliphatic heterocycles. The van der Waals surface area contributed by atoms with Gasteiger partial charge >= 0.3 is 0 Å². The Kier molecular flexibility index (Phi) is 14.8. The van der Waals surface area contributed by atoms with Gasteiger partial charge in [-0.1, -0.05) is 64.7 Å². The van der Waals surface area contributed by atoms with Crippen molar-refractivity contribution in [2.24, 2.45) is 5.73 Å². The molecule has 0 saturated carbocycles. The number of aliphatic hydroxyl groups is 1. The van der Waals surface area contributed by atoms with Gasteiger partial charge in [-0.05, 0) is 13.0 Å². The SMILES string of the molecule is CCCCCCCCCCCCNCC(N)CO. The number of nitrogens with one attached hydrogen (secondary N) is 1. The number of hydrogen-bond donors (Lipinski definition) is 3. The number of aliphatic hydroxyl groups excluding tert-OH is 1. The number of rotatable bonds is 14. The molecular formula is C15H34N2O. The molecule has 0 fully saturated rings. The van der Waals surface area contributed by atoms with Crippen molar-refractivity contribution in [2.75, 3.05) is 19.7 Å². The third kappa shape index (κ3) is 13.9. The Balaban J connectivity index is 2.94. The van der Waals surface area contributed by atoms with E-state index in [-0.39, 0.29) is 12.6 Å². The molecule has 0 bridgehead atoms. The van der Waals surface area contributed by atoms with Gasteiger partial charge in [0.25, 0.3) is 0 Å². The lowest BCUT2D eigenvalue weighted by Gasteiger charge is -2.09. The van der Waals surface area contributed by atoms with Crippen LogP contribution in [0.1, 0.15) is 71.1 Å². The summed E-state index contributed by atoms with van der Waals surface area (Å²) in [6.45, 7) is 4.10. The second-order valence-electron chi connectivity index (χ2n) is 5.33. The van der Waals surface area contributed by atoms with Crippen molar-refractivity contribution in [1.82, 2.24) is 5.32 Å². The standard InChI is InChI=1S/C15H34N2O/c1-2-3-4-5-6-7-8-9-10-11-12-17-13-15(16)14-18/h15,17-18H,2-14,16H2,1H3. The first-order valence-electron chi connectivity index (χ1n) is 7.88. The molecule has 0 radical (unpaired) electrons. The third-order valence-electron chi connectivity index (χ3n) is 3.35. The van der Waals surface area contributed by atoms with E-state index in [1.807, 2.05) is 0 Å². The fourth-order valence-electron chi connectivity index (χ4n) is 2.09. The lowest BCUT2D eigenvalue weighted by atomic mass is 10.1. The highest BCUT2D eigenvalue weighted by atomic mass is 16.3. The molecule has 110 valence electrons. The molecule has 4 N–H and O–H groups in total. The zero-order chi connectivity index (χ0) is 13.5. The van der Waals surface area contributed by atoms with E-state index in [1.165, 1.54) is 64.2 Å². The first kappa shape index (κ1) is 17.9. The molecule has 3 heteroatoms. The molecule has 18 heavy (non-hydrogen) atoms. The maximum absolute atomic E-state index is 8.75. The van der Waals surface area contributed by atoms with E-state index in [4.69, 9.17) is 10.8 Å². The summed E-state index contributed by atoms with van der Waals surface area (Å²) in [7, 11) is 0. The van der Waals surface area contributed by atoms with Gasteiger partial charge in [0.05, 0.1) is 6.61 Å². The smallest absolute Gasteiger partial charge is 0.0594 e. The first-order valence-corrected chi connectivity index (χ1v) is 7.88. The van der Waals surface area contributed by atoms with E-state index in [1.54, 1.807) is 0 Å². The van der Waals surface area contributed by atoms with Crippen LogP contribution in [0.5, 0.6) is 0 Å². The van der Waals surface area contributed by atoms with Crippen LogP contribution in [0.2, 0.25) is 0 Å². The largest absolute Gasteiger partial charge is 0.395 e. The Morgan fingerprint density at radius 3 is 1.89 bits per heavy atom. The molecule has 0 rings (SSSR count). The van der Waals surface area contributed by atoms with Crippen LogP contribution in [-0.2, 0) is 0 Å². The fourth-order valence-corrected chi connectivity index (χ4v) is 2.09. The van der Waals surface area contributed by atoms with Gasteiger partial charge in [-0.3, -0.25) is 0 Å². The minimum Gasteiger partial charge on any atom is -0.395 e. The predicted molar refractivity (Wildman–Crippen MR) is 79.8 cm³/mol. The average Bonchev–Trinajstić information content (AvgIpc) is 2.39. The normalized spacial score (nSPS) is 12.8. The highest BCUT2D eigenvalue weighted by Gasteiger charge is 1.98. The molecule has 0 amide bonds. The van der Waals surface area contributed by atoms with Crippen LogP contribution in [0.15, 0.2) is 0 Å². The first-order chi connectivity index (χ1) is 8.81. The highest BCUT2D eigenvalue weighted by molar-refractivity contribution is 4.62. The molecule has 0 aromatic rings. The molecule has 0 aromatic carbocycles. The molecule has 0 saturated heterocycles. The minimum atomic E-state index is -0.104. The van der Waals surface area contributed by atoms with Gasteiger partial charge in [0.2, 0.25) is 0 Å². The Hall–Kier alpha value is -0.120. The molecule has 0 aliphatic rings. The van der Waals surface area contributed by atoms with Crippen molar-refractivity contribution in [3.05, 3.63) is 0 Å². The second-order valence-corrected chi connectivity index (χ2v) is 5.33. The molecule has 0 spiro atoms. The Morgan fingerprint density at radius 1 is 0.889 bits per heavy atom. The van der Waals surface area contributed by atoms with Crippen molar-refractivity contribution in [2.45, 2.75) is 77.2 Å². The van der Waals surface area contributed by atoms with Gasteiger partial charge in [-0.25, -0.2) is 0 Å². The summed E-state index contributed by atoms with van der Waals surface area (Å²) in [5, 5.41) is 12.0.